The average molecular weight is 563 g/mol. The highest BCUT2D eigenvalue weighted by Crippen LogP contribution is 2.33. The van der Waals surface area contributed by atoms with Crippen molar-refractivity contribution in [2.45, 2.75) is 69.7 Å². The van der Waals surface area contributed by atoms with Gasteiger partial charge in [-0.3, -0.25) is 9.20 Å². The molecule has 2 aromatic heterocycles. The summed E-state index contributed by atoms with van der Waals surface area (Å²) in [5.41, 5.74) is 3.61. The molecule has 9 nitrogen and oxygen atoms in total. The molecule has 4 aliphatic heterocycles. The molecule has 0 saturated carbocycles. The van der Waals surface area contributed by atoms with E-state index in [2.05, 4.69) is 20.0 Å². The monoisotopic (exact) mass is 562 g/mol. The van der Waals surface area contributed by atoms with Crippen molar-refractivity contribution in [3.8, 4) is 5.75 Å². The van der Waals surface area contributed by atoms with Crippen LogP contribution in [0.1, 0.15) is 67.0 Å². The fourth-order valence-corrected chi connectivity index (χ4v) is 7.41. The molecule has 0 N–H and O–H groups in total. The average Bonchev–Trinajstić information content (AvgIpc) is 3.72. The van der Waals surface area contributed by atoms with Gasteiger partial charge in [-0.15, -0.1) is 10.2 Å². The third-order valence-electron chi connectivity index (χ3n) is 9.81. The number of carbonyl (C=O) groups is 1. The van der Waals surface area contributed by atoms with E-state index < -0.39 is 0 Å². The highest BCUT2D eigenvalue weighted by atomic mass is 19.1. The molecule has 0 aliphatic carbocycles. The van der Waals surface area contributed by atoms with Gasteiger partial charge in [-0.1, -0.05) is 0 Å². The molecule has 1 amide bonds. The molecule has 3 saturated heterocycles. The van der Waals surface area contributed by atoms with E-state index >= 15 is 0 Å². The van der Waals surface area contributed by atoms with E-state index in [0.717, 1.165) is 118 Å². The van der Waals surface area contributed by atoms with Crippen molar-refractivity contribution >= 4 is 11.6 Å². The van der Waals surface area contributed by atoms with Crippen LogP contribution in [0.25, 0.3) is 5.65 Å². The number of ether oxygens (including phenoxy) is 2. The summed E-state index contributed by atoms with van der Waals surface area (Å²) in [5, 5.41) is 8.64. The lowest BCUT2D eigenvalue weighted by Gasteiger charge is -2.40. The molecule has 0 bridgehead atoms. The van der Waals surface area contributed by atoms with E-state index in [-0.39, 0.29) is 17.7 Å². The fourth-order valence-electron chi connectivity index (χ4n) is 7.41. The first-order chi connectivity index (χ1) is 20.2. The minimum Gasteiger partial charge on any atom is -0.493 e. The Morgan fingerprint density at radius 2 is 1.78 bits per heavy atom. The van der Waals surface area contributed by atoms with E-state index in [4.69, 9.17) is 14.5 Å². The van der Waals surface area contributed by atoms with E-state index in [1.807, 2.05) is 10.6 Å². The van der Waals surface area contributed by atoms with Gasteiger partial charge in [0.2, 0.25) is 5.91 Å². The maximum absolute atomic E-state index is 14.7. The van der Waals surface area contributed by atoms with Crippen LogP contribution < -0.4 is 4.74 Å². The Morgan fingerprint density at radius 1 is 0.976 bits per heavy atom. The Kier molecular flexibility index (Phi) is 7.60. The Balaban J connectivity index is 0.966. The number of rotatable bonds is 6. The van der Waals surface area contributed by atoms with Crippen LogP contribution in [0.4, 0.5) is 4.39 Å². The second-order valence-corrected chi connectivity index (χ2v) is 12.0. The van der Waals surface area contributed by atoms with Gasteiger partial charge in [-0.2, -0.15) is 0 Å². The zero-order valence-corrected chi connectivity index (χ0v) is 23.6. The first kappa shape index (κ1) is 26.8. The number of aryl methyl sites for hydroxylation is 1. The molecule has 4 aliphatic rings. The third kappa shape index (κ3) is 5.32. The Hall–Kier alpha value is -3.11. The minimum atomic E-state index is -0.183. The van der Waals surface area contributed by atoms with Crippen LogP contribution in [-0.2, 0) is 28.8 Å². The van der Waals surface area contributed by atoms with Gasteiger partial charge >= 0.3 is 0 Å². The highest BCUT2D eigenvalue weighted by molar-refractivity contribution is 5.79. The largest absolute Gasteiger partial charge is 0.493 e. The van der Waals surface area contributed by atoms with Crippen molar-refractivity contribution in [1.82, 2.24) is 29.4 Å². The molecule has 3 aromatic rings. The molecule has 7 rings (SSSR count). The molecule has 3 fully saturated rings. The Bertz CT molecular complexity index is 1390. The minimum absolute atomic E-state index is 0.147. The van der Waals surface area contributed by atoms with Crippen LogP contribution in [0, 0.1) is 11.7 Å². The van der Waals surface area contributed by atoms with Gasteiger partial charge in [0.15, 0.2) is 5.65 Å². The van der Waals surface area contributed by atoms with Gasteiger partial charge in [0.05, 0.1) is 6.61 Å². The van der Waals surface area contributed by atoms with Gasteiger partial charge < -0.3 is 19.3 Å². The molecule has 41 heavy (non-hydrogen) atoms. The second-order valence-electron chi connectivity index (χ2n) is 12.0. The normalized spacial score (nSPS) is 21.3. The van der Waals surface area contributed by atoms with Gasteiger partial charge in [0, 0.05) is 68.4 Å². The number of carbonyl (C=O) groups excluding carboxylic acids is 1. The van der Waals surface area contributed by atoms with Crippen LogP contribution in [-0.4, -0.2) is 87.3 Å². The molecule has 1 aromatic carbocycles. The fraction of sp³-hybridized carbons (Fsp3) is 0.613. The summed E-state index contributed by atoms with van der Waals surface area (Å²) in [4.78, 5) is 22.9. The molecular weight excluding hydrogens is 523 g/mol. The zero-order chi connectivity index (χ0) is 27.8. The van der Waals surface area contributed by atoms with Crippen molar-refractivity contribution < 1.29 is 18.7 Å². The third-order valence-corrected chi connectivity index (χ3v) is 9.81. The molecule has 0 unspecified atom stereocenters. The molecule has 6 heterocycles. The summed E-state index contributed by atoms with van der Waals surface area (Å²) in [7, 11) is 0. The van der Waals surface area contributed by atoms with Crippen LogP contribution in [0.15, 0.2) is 24.7 Å². The zero-order valence-electron chi connectivity index (χ0n) is 23.6. The van der Waals surface area contributed by atoms with E-state index in [0.29, 0.717) is 31.4 Å². The number of halogens is 1. The molecule has 218 valence electrons. The molecule has 0 spiro atoms. The van der Waals surface area contributed by atoms with Gasteiger partial charge in [0.25, 0.3) is 0 Å². The lowest BCUT2D eigenvalue weighted by Crippen LogP contribution is -2.48. The summed E-state index contributed by atoms with van der Waals surface area (Å²) < 4.78 is 27.8. The van der Waals surface area contributed by atoms with Gasteiger partial charge in [-0.25, -0.2) is 9.37 Å². The predicted octanol–water partition coefficient (Wildman–Crippen LogP) is 3.58. The van der Waals surface area contributed by atoms with Crippen molar-refractivity contribution in [3.63, 3.8) is 0 Å². The first-order valence-electron chi connectivity index (χ1n) is 15.4. The van der Waals surface area contributed by atoms with Crippen LogP contribution in [0.2, 0.25) is 0 Å². The van der Waals surface area contributed by atoms with Crippen LogP contribution in [0.5, 0.6) is 5.75 Å². The number of likely N-dealkylation sites (tertiary alicyclic amines) is 2. The summed E-state index contributed by atoms with van der Waals surface area (Å²) in [6, 6.07) is 3.85. The summed E-state index contributed by atoms with van der Waals surface area (Å²) >= 11 is 0. The van der Waals surface area contributed by atoms with Gasteiger partial charge in [-0.05, 0) is 81.6 Å². The first-order valence-corrected chi connectivity index (χ1v) is 15.4. The highest BCUT2D eigenvalue weighted by Gasteiger charge is 2.34. The van der Waals surface area contributed by atoms with E-state index in [9.17, 15) is 9.18 Å². The van der Waals surface area contributed by atoms with Crippen molar-refractivity contribution in [2.24, 2.45) is 5.92 Å². The molecule has 0 radical (unpaired) electrons. The number of hydrogen-bond donors (Lipinski definition) is 0. The summed E-state index contributed by atoms with van der Waals surface area (Å²) in [6.07, 6.45) is 11.5. The van der Waals surface area contributed by atoms with Crippen LogP contribution >= 0.6 is 0 Å². The van der Waals surface area contributed by atoms with Crippen LogP contribution in [0.3, 0.4) is 0 Å². The number of piperidine rings is 2. The summed E-state index contributed by atoms with van der Waals surface area (Å²) in [5.74, 6) is 2.20. The number of aromatic nitrogens is 4. The SMILES string of the molecule is O=C(C1CCN(C2CCOCC2)CC1)N1CCC(c2cnc(CCc3c(F)ccc4c3CCO4)n3cnnc23)CC1. The molecule has 0 atom stereocenters. The van der Waals surface area contributed by atoms with Crippen molar-refractivity contribution in [1.29, 1.82) is 0 Å². The molecular formula is C31H39FN6O3. The Labute approximate surface area is 240 Å². The second kappa shape index (κ2) is 11.6. The predicted molar refractivity (Wildman–Crippen MR) is 150 cm³/mol. The van der Waals surface area contributed by atoms with Crippen molar-refractivity contribution in [2.75, 3.05) is 46.0 Å². The topological polar surface area (TPSA) is 85.1 Å². The summed E-state index contributed by atoms with van der Waals surface area (Å²) in [6.45, 7) is 5.92. The molecule has 10 heteroatoms. The quantitative estimate of drug-likeness (QED) is 0.454. The number of nitrogens with zero attached hydrogens (tertiary/aromatic N) is 6. The smallest absolute Gasteiger partial charge is 0.225 e. The number of amides is 1. The maximum Gasteiger partial charge on any atom is 0.225 e. The van der Waals surface area contributed by atoms with Gasteiger partial charge in [0.1, 0.15) is 23.7 Å². The number of fused-ring (bicyclic) bond motifs is 2. The maximum atomic E-state index is 14.7. The standard InChI is InChI=1S/C31H39FN6O3/c32-27-2-3-28-25(11-18-41-28)24(27)1-4-29-33-19-26(30-35-34-20-38(29)30)21-5-14-37(15-6-21)31(39)22-7-12-36(13-8-22)23-9-16-40-17-10-23/h2-3,19-23H,1,4-18H2. The van der Waals surface area contributed by atoms with Crippen molar-refractivity contribution in [3.05, 3.63) is 53.0 Å². The Morgan fingerprint density at radius 3 is 2.59 bits per heavy atom. The van der Waals surface area contributed by atoms with E-state index in [1.54, 1.807) is 12.4 Å². The number of benzene rings is 1. The number of hydrogen-bond acceptors (Lipinski definition) is 7. The van der Waals surface area contributed by atoms with E-state index in [1.165, 1.54) is 6.07 Å². The lowest BCUT2D eigenvalue weighted by molar-refractivity contribution is -0.138. The lowest BCUT2D eigenvalue weighted by atomic mass is 9.88.